The van der Waals surface area contributed by atoms with Crippen LogP contribution >= 0.6 is 0 Å². The van der Waals surface area contributed by atoms with Crippen LogP contribution in [0.2, 0.25) is 0 Å². The Hall–Kier alpha value is -1.75. The van der Waals surface area contributed by atoms with Crippen LogP contribution in [0.3, 0.4) is 0 Å². The van der Waals surface area contributed by atoms with Crippen molar-refractivity contribution in [3.8, 4) is 5.75 Å². The molecule has 2 fully saturated rings. The molecule has 1 saturated carbocycles. The van der Waals surface area contributed by atoms with Crippen molar-refractivity contribution in [1.29, 1.82) is 0 Å². The molecule has 2 aliphatic rings. The van der Waals surface area contributed by atoms with E-state index < -0.39 is 0 Å². The van der Waals surface area contributed by atoms with Crippen molar-refractivity contribution in [2.45, 2.75) is 72.1 Å². The molecule has 5 heteroatoms. The van der Waals surface area contributed by atoms with Crippen LogP contribution in [0, 0.1) is 11.3 Å². The second-order valence-electron chi connectivity index (χ2n) is 11.4. The molecule has 0 spiro atoms. The molecule has 1 amide bonds. The van der Waals surface area contributed by atoms with E-state index in [9.17, 15) is 4.79 Å². The fourth-order valence-corrected chi connectivity index (χ4v) is 5.37. The summed E-state index contributed by atoms with van der Waals surface area (Å²) in [6.45, 7) is 15.1. The molecular formula is C28H47N3O2. The maximum Gasteiger partial charge on any atom is 0.259 e. The van der Waals surface area contributed by atoms with Gasteiger partial charge in [0.25, 0.3) is 5.91 Å². The molecule has 0 bridgehead atoms. The number of hydrogen-bond donors (Lipinski definition) is 0. The van der Waals surface area contributed by atoms with E-state index in [1.807, 2.05) is 0 Å². The highest BCUT2D eigenvalue weighted by molar-refractivity contribution is 5.77. The van der Waals surface area contributed by atoms with Crippen LogP contribution in [0.15, 0.2) is 18.2 Å². The van der Waals surface area contributed by atoms with Gasteiger partial charge in [-0.15, -0.1) is 0 Å². The van der Waals surface area contributed by atoms with Gasteiger partial charge in [0.2, 0.25) is 0 Å². The normalized spacial score (nSPS) is 22.3. The zero-order valence-electron chi connectivity index (χ0n) is 22.0. The molecule has 1 saturated heterocycles. The molecule has 186 valence electrons. The molecule has 0 N–H and O–H groups in total. The average Bonchev–Trinajstić information content (AvgIpc) is 2.81. The number of hydrogen-bond acceptors (Lipinski definition) is 4. The van der Waals surface area contributed by atoms with Gasteiger partial charge < -0.3 is 14.5 Å². The number of carbonyl (C=O) groups is 1. The summed E-state index contributed by atoms with van der Waals surface area (Å²) in [5.41, 5.74) is 3.22. The number of carbonyl (C=O) groups excluding carboxylic acids is 1. The topological polar surface area (TPSA) is 36.0 Å². The molecule has 0 aromatic heterocycles. The Balaban J connectivity index is 1.75. The third-order valence-electron chi connectivity index (χ3n) is 7.80. The molecule has 33 heavy (non-hydrogen) atoms. The van der Waals surface area contributed by atoms with Crippen molar-refractivity contribution in [3.63, 3.8) is 0 Å². The molecular weight excluding hydrogens is 410 g/mol. The van der Waals surface area contributed by atoms with E-state index in [0.29, 0.717) is 11.3 Å². The van der Waals surface area contributed by atoms with E-state index in [-0.39, 0.29) is 12.5 Å². The summed E-state index contributed by atoms with van der Waals surface area (Å²) < 4.78 is 5.91. The fraction of sp³-hybridized carbons (Fsp3) is 0.750. The van der Waals surface area contributed by atoms with Gasteiger partial charge in [-0.3, -0.25) is 9.69 Å². The number of unbranched alkanes of at least 4 members (excludes halogenated alkanes) is 1. The number of likely N-dealkylation sites (N-methyl/N-ethyl adjacent to an activating group) is 1. The Bertz CT molecular complexity index is 755. The van der Waals surface area contributed by atoms with Crippen LogP contribution in [0.4, 0.5) is 5.69 Å². The minimum Gasteiger partial charge on any atom is -0.484 e. The van der Waals surface area contributed by atoms with Crippen LogP contribution < -0.4 is 9.64 Å². The van der Waals surface area contributed by atoms with Gasteiger partial charge in [-0.1, -0.05) is 40.2 Å². The Kier molecular flexibility index (Phi) is 9.09. The van der Waals surface area contributed by atoms with Crippen LogP contribution in [-0.4, -0.2) is 69.1 Å². The summed E-state index contributed by atoms with van der Waals surface area (Å²) in [4.78, 5) is 18.8. The number of piperazine rings is 1. The van der Waals surface area contributed by atoms with Gasteiger partial charge >= 0.3 is 0 Å². The second kappa shape index (κ2) is 11.6. The molecule has 1 heterocycles. The fourth-order valence-electron chi connectivity index (χ4n) is 5.37. The van der Waals surface area contributed by atoms with Crippen LogP contribution in [0.5, 0.6) is 5.75 Å². The SMILES string of the molecule is CCCCN1CCN(c2cc(OCC(=O)N(C)C)ccc2C2CCC(C(C)(C)C)CC2)CC1. The number of ether oxygens (including phenoxy) is 1. The van der Waals surface area contributed by atoms with E-state index in [4.69, 9.17) is 4.74 Å². The predicted molar refractivity (Wildman–Crippen MR) is 138 cm³/mol. The van der Waals surface area contributed by atoms with Gasteiger partial charge in [0.15, 0.2) is 6.61 Å². The van der Waals surface area contributed by atoms with Crippen molar-refractivity contribution < 1.29 is 9.53 Å². The Morgan fingerprint density at radius 3 is 2.30 bits per heavy atom. The maximum atomic E-state index is 12.0. The van der Waals surface area contributed by atoms with Crippen molar-refractivity contribution in [3.05, 3.63) is 23.8 Å². The maximum absolute atomic E-state index is 12.0. The second-order valence-corrected chi connectivity index (χ2v) is 11.4. The zero-order chi connectivity index (χ0) is 24.0. The molecule has 1 aromatic carbocycles. The molecule has 0 atom stereocenters. The standard InChI is InChI=1S/C28H47N3O2/c1-7-8-15-30-16-18-31(19-17-30)26-20-24(33-21-27(32)29(5)6)13-14-25(26)22-9-11-23(12-10-22)28(2,3)4/h13-14,20,22-23H,7-12,15-19,21H2,1-6H3. The predicted octanol–water partition coefficient (Wildman–Crippen LogP) is 5.40. The van der Waals surface area contributed by atoms with Gasteiger partial charge in [-0.2, -0.15) is 0 Å². The first-order chi connectivity index (χ1) is 15.7. The number of benzene rings is 1. The smallest absolute Gasteiger partial charge is 0.259 e. The highest BCUT2D eigenvalue weighted by atomic mass is 16.5. The third kappa shape index (κ3) is 7.11. The number of rotatable bonds is 8. The number of amides is 1. The summed E-state index contributed by atoms with van der Waals surface area (Å²) in [5, 5.41) is 0. The van der Waals surface area contributed by atoms with E-state index in [2.05, 4.69) is 55.7 Å². The molecule has 5 nitrogen and oxygen atoms in total. The lowest BCUT2D eigenvalue weighted by molar-refractivity contribution is -0.130. The minimum absolute atomic E-state index is 0.00864. The van der Waals surface area contributed by atoms with Crippen LogP contribution in [0.25, 0.3) is 0 Å². The molecule has 1 aliphatic heterocycles. The first-order valence-electron chi connectivity index (χ1n) is 13.1. The number of anilines is 1. The van der Waals surface area contributed by atoms with Crippen molar-refractivity contribution in [1.82, 2.24) is 9.80 Å². The lowest BCUT2D eigenvalue weighted by Crippen LogP contribution is -2.47. The van der Waals surface area contributed by atoms with E-state index >= 15 is 0 Å². The summed E-state index contributed by atoms with van der Waals surface area (Å²) >= 11 is 0. The Morgan fingerprint density at radius 2 is 1.73 bits per heavy atom. The highest BCUT2D eigenvalue weighted by Crippen LogP contribution is 2.45. The lowest BCUT2D eigenvalue weighted by atomic mass is 9.68. The van der Waals surface area contributed by atoms with Crippen molar-refractivity contribution in [2.75, 3.05) is 58.3 Å². The van der Waals surface area contributed by atoms with Crippen molar-refractivity contribution in [2.24, 2.45) is 11.3 Å². The summed E-state index contributed by atoms with van der Waals surface area (Å²) in [7, 11) is 3.54. The summed E-state index contributed by atoms with van der Waals surface area (Å²) in [6.07, 6.45) is 7.70. The largest absolute Gasteiger partial charge is 0.484 e. The third-order valence-corrected chi connectivity index (χ3v) is 7.80. The van der Waals surface area contributed by atoms with Crippen molar-refractivity contribution >= 4 is 11.6 Å². The van der Waals surface area contributed by atoms with Gasteiger partial charge in [0.05, 0.1) is 0 Å². The monoisotopic (exact) mass is 457 g/mol. The Morgan fingerprint density at radius 1 is 1.06 bits per heavy atom. The molecule has 1 aromatic rings. The number of nitrogens with zero attached hydrogens (tertiary/aromatic N) is 3. The van der Waals surface area contributed by atoms with E-state index in [1.54, 1.807) is 19.0 Å². The lowest BCUT2D eigenvalue weighted by Gasteiger charge is -2.40. The first kappa shape index (κ1) is 25.9. The zero-order valence-corrected chi connectivity index (χ0v) is 22.0. The van der Waals surface area contributed by atoms with Gasteiger partial charge in [0, 0.05) is 52.0 Å². The van der Waals surface area contributed by atoms with E-state index in [1.165, 1.54) is 56.3 Å². The molecule has 1 aliphatic carbocycles. The Labute approximate surface area is 202 Å². The molecule has 0 unspecified atom stereocenters. The minimum atomic E-state index is -0.00864. The first-order valence-corrected chi connectivity index (χ1v) is 13.1. The highest BCUT2D eigenvalue weighted by Gasteiger charge is 2.32. The quantitative estimate of drug-likeness (QED) is 0.524. The van der Waals surface area contributed by atoms with Gasteiger partial charge in [-0.05, 0) is 67.5 Å². The molecule has 3 rings (SSSR count). The van der Waals surface area contributed by atoms with Gasteiger partial charge in [-0.25, -0.2) is 0 Å². The average molecular weight is 458 g/mol. The van der Waals surface area contributed by atoms with Crippen LogP contribution in [0.1, 0.15) is 77.7 Å². The molecule has 0 radical (unpaired) electrons. The van der Waals surface area contributed by atoms with Gasteiger partial charge in [0.1, 0.15) is 5.75 Å². The summed E-state index contributed by atoms with van der Waals surface area (Å²) in [5.74, 6) is 2.24. The summed E-state index contributed by atoms with van der Waals surface area (Å²) in [6, 6.07) is 6.57. The van der Waals surface area contributed by atoms with Crippen LogP contribution in [-0.2, 0) is 4.79 Å². The van der Waals surface area contributed by atoms with E-state index in [0.717, 1.165) is 37.8 Å².